The summed E-state index contributed by atoms with van der Waals surface area (Å²) in [6, 6.07) is 14.3. The van der Waals surface area contributed by atoms with Gasteiger partial charge in [-0.3, -0.25) is 4.90 Å². The van der Waals surface area contributed by atoms with Crippen LogP contribution in [0.15, 0.2) is 42.5 Å². The molecule has 0 bridgehead atoms. The number of hydrogen-bond acceptors (Lipinski definition) is 6. The number of benzene rings is 2. The van der Waals surface area contributed by atoms with Gasteiger partial charge in [-0.05, 0) is 49.2 Å². The fourth-order valence-electron chi connectivity index (χ4n) is 3.73. The van der Waals surface area contributed by atoms with E-state index in [-0.39, 0.29) is 18.2 Å². The van der Waals surface area contributed by atoms with Gasteiger partial charge in [0, 0.05) is 12.6 Å². The van der Waals surface area contributed by atoms with Gasteiger partial charge in [0.05, 0.1) is 18.2 Å². The Kier molecular flexibility index (Phi) is 7.34. The summed E-state index contributed by atoms with van der Waals surface area (Å²) in [6.07, 6.45) is 0.364. The van der Waals surface area contributed by atoms with E-state index in [2.05, 4.69) is 4.90 Å². The number of methoxy groups -OCH3 is 1. The molecule has 0 aromatic heterocycles. The second-order valence-corrected chi connectivity index (χ2v) is 7.52. The maximum Gasteiger partial charge on any atom is 0.138 e. The molecular weight excluding hydrogens is 392 g/mol. The van der Waals surface area contributed by atoms with Crippen molar-refractivity contribution in [2.45, 2.75) is 31.1 Å². The van der Waals surface area contributed by atoms with Crippen LogP contribution in [0, 0.1) is 11.3 Å². The lowest BCUT2D eigenvalue weighted by atomic mass is 10.00. The number of hydrogen-bond donors (Lipinski definition) is 2. The second-order valence-electron chi connectivity index (χ2n) is 7.12. The predicted octanol–water partition coefficient (Wildman–Crippen LogP) is 3.16. The number of nitriles is 1. The summed E-state index contributed by atoms with van der Waals surface area (Å²) >= 11 is 6.01. The highest BCUT2D eigenvalue weighted by atomic mass is 35.5. The summed E-state index contributed by atoms with van der Waals surface area (Å²) in [5, 5.41) is 30.9. The van der Waals surface area contributed by atoms with Crippen molar-refractivity contribution in [1.82, 2.24) is 4.90 Å². The van der Waals surface area contributed by atoms with E-state index in [4.69, 9.17) is 21.1 Å². The SMILES string of the molecule is COc1cccc(C(O)[C@@H]2CCCN2C[C@@H](O)COc2cccc(Cl)c2C#N)c1. The first kappa shape index (κ1) is 21.4. The zero-order valence-corrected chi connectivity index (χ0v) is 17.0. The number of rotatable bonds is 8. The van der Waals surface area contributed by atoms with Crippen molar-refractivity contribution >= 4 is 11.6 Å². The van der Waals surface area contributed by atoms with Gasteiger partial charge in [0.15, 0.2) is 0 Å². The Morgan fingerprint density at radius 2 is 2.07 bits per heavy atom. The largest absolute Gasteiger partial charge is 0.497 e. The second kappa shape index (κ2) is 9.95. The van der Waals surface area contributed by atoms with E-state index < -0.39 is 12.2 Å². The molecule has 7 heteroatoms. The fourth-order valence-corrected chi connectivity index (χ4v) is 3.93. The van der Waals surface area contributed by atoms with E-state index in [9.17, 15) is 15.5 Å². The molecule has 3 rings (SSSR count). The molecule has 1 aliphatic rings. The highest BCUT2D eigenvalue weighted by molar-refractivity contribution is 6.31. The van der Waals surface area contributed by atoms with Gasteiger partial charge >= 0.3 is 0 Å². The molecule has 2 aromatic rings. The van der Waals surface area contributed by atoms with Crippen LogP contribution in [0.1, 0.15) is 30.1 Å². The number of halogens is 1. The first-order valence-corrected chi connectivity index (χ1v) is 9.96. The predicted molar refractivity (Wildman–Crippen MR) is 110 cm³/mol. The zero-order valence-electron chi connectivity index (χ0n) is 16.3. The van der Waals surface area contributed by atoms with Crippen LogP contribution in [0.25, 0.3) is 0 Å². The molecule has 0 amide bonds. The van der Waals surface area contributed by atoms with Gasteiger partial charge in [0.1, 0.15) is 35.8 Å². The van der Waals surface area contributed by atoms with Crippen molar-refractivity contribution < 1.29 is 19.7 Å². The molecule has 1 saturated heterocycles. The van der Waals surface area contributed by atoms with E-state index in [1.807, 2.05) is 30.3 Å². The zero-order chi connectivity index (χ0) is 20.8. The lowest BCUT2D eigenvalue weighted by Crippen LogP contribution is -2.41. The van der Waals surface area contributed by atoms with Crippen molar-refractivity contribution in [1.29, 1.82) is 5.26 Å². The molecule has 29 heavy (non-hydrogen) atoms. The monoisotopic (exact) mass is 416 g/mol. The van der Waals surface area contributed by atoms with Crippen LogP contribution in [0.2, 0.25) is 5.02 Å². The lowest BCUT2D eigenvalue weighted by Gasteiger charge is -2.30. The Morgan fingerprint density at radius 1 is 1.28 bits per heavy atom. The van der Waals surface area contributed by atoms with Crippen LogP contribution >= 0.6 is 11.6 Å². The van der Waals surface area contributed by atoms with Crippen molar-refractivity contribution in [2.75, 3.05) is 26.8 Å². The minimum Gasteiger partial charge on any atom is -0.497 e. The van der Waals surface area contributed by atoms with Crippen LogP contribution in [0.5, 0.6) is 11.5 Å². The third kappa shape index (κ3) is 5.20. The summed E-state index contributed by atoms with van der Waals surface area (Å²) in [5.74, 6) is 1.06. The molecule has 3 atom stereocenters. The summed E-state index contributed by atoms with van der Waals surface area (Å²) in [5.41, 5.74) is 1.05. The molecule has 0 radical (unpaired) electrons. The number of β-amino-alcohol motifs (C(OH)–C–C–N with tert-alkyl or cyclic N) is 1. The summed E-state index contributed by atoms with van der Waals surface area (Å²) in [4.78, 5) is 2.08. The number of aliphatic hydroxyl groups is 2. The molecule has 2 N–H and O–H groups in total. The van der Waals surface area contributed by atoms with Gasteiger partial charge < -0.3 is 19.7 Å². The van der Waals surface area contributed by atoms with Crippen molar-refractivity contribution in [3.05, 3.63) is 58.6 Å². The van der Waals surface area contributed by atoms with Gasteiger partial charge in [-0.2, -0.15) is 5.26 Å². The molecule has 6 nitrogen and oxygen atoms in total. The molecule has 1 unspecified atom stereocenters. The third-order valence-electron chi connectivity index (χ3n) is 5.18. The van der Waals surface area contributed by atoms with Gasteiger partial charge in [-0.15, -0.1) is 0 Å². The van der Waals surface area contributed by atoms with Crippen LogP contribution in [-0.2, 0) is 0 Å². The Balaban J connectivity index is 1.60. The van der Waals surface area contributed by atoms with E-state index in [0.29, 0.717) is 23.1 Å². The lowest BCUT2D eigenvalue weighted by molar-refractivity contribution is 0.0258. The maximum absolute atomic E-state index is 10.9. The molecule has 0 spiro atoms. The van der Waals surface area contributed by atoms with Crippen molar-refractivity contribution in [3.8, 4) is 17.6 Å². The van der Waals surface area contributed by atoms with Gasteiger partial charge in [0.2, 0.25) is 0 Å². The maximum atomic E-state index is 10.9. The Labute approximate surface area is 175 Å². The molecule has 154 valence electrons. The standard InChI is InChI=1S/C22H25ClN2O4/c1-28-17-6-2-5-15(11-17)22(27)20-8-4-10-25(20)13-16(26)14-29-21-9-3-7-19(23)18(21)12-24/h2-3,5-7,9,11,16,20,22,26-27H,4,8,10,13-14H2,1H3/t16-,20+,22?/m1/s1. The summed E-state index contributed by atoms with van der Waals surface area (Å²) < 4.78 is 10.9. The molecule has 1 fully saturated rings. The van der Waals surface area contributed by atoms with Crippen LogP contribution < -0.4 is 9.47 Å². The van der Waals surface area contributed by atoms with Crippen molar-refractivity contribution in [2.24, 2.45) is 0 Å². The number of nitrogens with zero attached hydrogens (tertiary/aromatic N) is 2. The third-order valence-corrected chi connectivity index (χ3v) is 5.49. The van der Waals surface area contributed by atoms with Crippen LogP contribution in [0.4, 0.5) is 0 Å². The van der Waals surface area contributed by atoms with Gasteiger partial charge in [0.25, 0.3) is 0 Å². The number of aliphatic hydroxyl groups excluding tert-OH is 2. The first-order chi connectivity index (χ1) is 14.0. The van der Waals surface area contributed by atoms with Gasteiger partial charge in [-0.1, -0.05) is 29.8 Å². The average Bonchev–Trinajstić information content (AvgIpc) is 3.19. The number of likely N-dealkylation sites (tertiary alicyclic amines) is 1. The topological polar surface area (TPSA) is 86.0 Å². The first-order valence-electron chi connectivity index (χ1n) is 9.59. The summed E-state index contributed by atoms with van der Waals surface area (Å²) in [6.45, 7) is 1.20. The average molecular weight is 417 g/mol. The highest BCUT2D eigenvalue weighted by Gasteiger charge is 2.32. The Hall–Kier alpha value is -2.30. The Morgan fingerprint density at radius 3 is 2.83 bits per heavy atom. The van der Waals surface area contributed by atoms with E-state index >= 15 is 0 Å². The number of ether oxygens (including phenoxy) is 2. The molecule has 0 aliphatic carbocycles. The fraction of sp³-hybridized carbons (Fsp3) is 0.409. The minimum atomic E-state index is -0.765. The molecule has 1 heterocycles. The van der Waals surface area contributed by atoms with Crippen LogP contribution in [0.3, 0.4) is 0 Å². The minimum absolute atomic E-state index is 0.0352. The van der Waals surface area contributed by atoms with Crippen LogP contribution in [-0.4, -0.2) is 54.1 Å². The normalized spacial score (nSPS) is 18.8. The smallest absolute Gasteiger partial charge is 0.138 e. The molecular formula is C22H25ClN2O4. The molecule has 0 saturated carbocycles. The quantitative estimate of drug-likeness (QED) is 0.687. The highest BCUT2D eigenvalue weighted by Crippen LogP contribution is 2.31. The van der Waals surface area contributed by atoms with E-state index in [1.54, 1.807) is 25.3 Å². The van der Waals surface area contributed by atoms with Gasteiger partial charge in [-0.25, -0.2) is 0 Å². The molecule has 1 aliphatic heterocycles. The molecule has 2 aromatic carbocycles. The Bertz CT molecular complexity index is 870. The summed E-state index contributed by atoms with van der Waals surface area (Å²) in [7, 11) is 1.60. The van der Waals surface area contributed by atoms with E-state index in [1.165, 1.54) is 0 Å². The van der Waals surface area contributed by atoms with E-state index in [0.717, 1.165) is 24.9 Å². The van der Waals surface area contributed by atoms with Crippen molar-refractivity contribution in [3.63, 3.8) is 0 Å².